The summed E-state index contributed by atoms with van der Waals surface area (Å²) >= 11 is 13.1. The highest BCUT2D eigenvalue weighted by molar-refractivity contribution is 9.11. The van der Waals surface area contributed by atoms with E-state index in [2.05, 4.69) is 36.9 Å². The second-order valence-electron chi connectivity index (χ2n) is 5.88. The standard InChI is InChI=1S/C21H15Br2ClFNO/c1-13-6-7-16(24)10-20(13)26-11-14-8-17(22)21(18(23)9-14)27-12-15-4-2-3-5-19(15)25/h2-11H,12H2,1H3. The monoisotopic (exact) mass is 509 g/mol. The fourth-order valence-electron chi connectivity index (χ4n) is 2.42. The molecule has 0 aliphatic rings. The summed E-state index contributed by atoms with van der Waals surface area (Å²) < 4.78 is 21.0. The first-order chi connectivity index (χ1) is 12.9. The van der Waals surface area contributed by atoms with Crippen molar-refractivity contribution < 1.29 is 9.13 Å². The molecule has 0 spiro atoms. The van der Waals surface area contributed by atoms with Crippen molar-refractivity contribution in [2.75, 3.05) is 0 Å². The topological polar surface area (TPSA) is 21.6 Å². The molecule has 0 aliphatic carbocycles. The van der Waals surface area contributed by atoms with E-state index in [0.717, 1.165) is 25.8 Å². The van der Waals surface area contributed by atoms with Gasteiger partial charge in [-0.15, -0.1) is 0 Å². The van der Waals surface area contributed by atoms with Crippen LogP contribution in [-0.2, 0) is 6.61 Å². The molecule has 2 nitrogen and oxygen atoms in total. The number of aryl methyl sites for hydroxylation is 1. The van der Waals surface area contributed by atoms with Gasteiger partial charge in [0.15, 0.2) is 0 Å². The quantitative estimate of drug-likeness (QED) is 0.323. The summed E-state index contributed by atoms with van der Waals surface area (Å²) in [7, 11) is 0. The van der Waals surface area contributed by atoms with E-state index < -0.39 is 0 Å². The van der Waals surface area contributed by atoms with Gasteiger partial charge in [0.1, 0.15) is 18.2 Å². The van der Waals surface area contributed by atoms with E-state index in [1.54, 1.807) is 24.4 Å². The molecule has 0 N–H and O–H groups in total. The third kappa shape index (κ3) is 5.18. The lowest BCUT2D eigenvalue weighted by molar-refractivity contribution is 0.296. The van der Waals surface area contributed by atoms with Crippen LogP contribution in [0, 0.1) is 12.7 Å². The average Bonchev–Trinajstić information content (AvgIpc) is 2.63. The van der Waals surface area contributed by atoms with Crippen molar-refractivity contribution in [2.45, 2.75) is 13.5 Å². The van der Waals surface area contributed by atoms with Gasteiger partial charge in [-0.05, 0) is 80.2 Å². The minimum absolute atomic E-state index is 0.138. The molecule has 0 saturated carbocycles. The molecule has 138 valence electrons. The van der Waals surface area contributed by atoms with Crippen LogP contribution in [0.5, 0.6) is 5.75 Å². The van der Waals surface area contributed by atoms with E-state index in [1.165, 1.54) is 6.07 Å². The fourth-order valence-corrected chi connectivity index (χ4v) is 4.04. The minimum atomic E-state index is -0.287. The van der Waals surface area contributed by atoms with Gasteiger partial charge in [-0.25, -0.2) is 4.39 Å². The van der Waals surface area contributed by atoms with E-state index >= 15 is 0 Å². The summed E-state index contributed by atoms with van der Waals surface area (Å²) in [5.41, 5.74) is 3.23. The molecule has 3 rings (SSSR count). The fraction of sp³-hybridized carbons (Fsp3) is 0.0952. The number of hydrogen-bond donors (Lipinski definition) is 0. The molecule has 0 aromatic heterocycles. The lowest BCUT2D eigenvalue weighted by atomic mass is 10.2. The Morgan fingerprint density at radius 1 is 1.07 bits per heavy atom. The molecule has 0 aliphatic heterocycles. The second-order valence-corrected chi connectivity index (χ2v) is 8.03. The molecule has 3 aromatic carbocycles. The third-order valence-corrected chi connectivity index (χ3v) is 5.29. The Labute approximate surface area is 179 Å². The van der Waals surface area contributed by atoms with Crippen LogP contribution in [0.1, 0.15) is 16.7 Å². The lowest BCUT2D eigenvalue weighted by Crippen LogP contribution is -2.00. The number of nitrogens with zero attached hydrogens (tertiary/aromatic N) is 1. The summed E-state index contributed by atoms with van der Waals surface area (Å²) in [5, 5.41) is 0.645. The van der Waals surface area contributed by atoms with Crippen molar-refractivity contribution in [3.63, 3.8) is 0 Å². The number of halogens is 4. The molecule has 0 bridgehead atoms. The van der Waals surface area contributed by atoms with Gasteiger partial charge in [0.2, 0.25) is 0 Å². The summed E-state index contributed by atoms with van der Waals surface area (Å²) in [4.78, 5) is 4.51. The van der Waals surface area contributed by atoms with Crippen molar-refractivity contribution in [2.24, 2.45) is 4.99 Å². The smallest absolute Gasteiger partial charge is 0.148 e. The Hall–Kier alpha value is -1.69. The number of benzene rings is 3. The van der Waals surface area contributed by atoms with Crippen molar-refractivity contribution >= 4 is 55.4 Å². The summed E-state index contributed by atoms with van der Waals surface area (Å²) in [5.74, 6) is 0.319. The Balaban J connectivity index is 1.79. The van der Waals surface area contributed by atoms with Crippen molar-refractivity contribution in [3.05, 3.63) is 91.1 Å². The molecule has 0 radical (unpaired) electrons. The van der Waals surface area contributed by atoms with Crippen molar-refractivity contribution in [1.29, 1.82) is 0 Å². The van der Waals surface area contributed by atoms with Crippen LogP contribution in [0.25, 0.3) is 0 Å². The molecule has 0 amide bonds. The van der Waals surface area contributed by atoms with Gasteiger partial charge in [-0.3, -0.25) is 4.99 Å². The highest BCUT2D eigenvalue weighted by Crippen LogP contribution is 2.35. The molecule has 0 atom stereocenters. The Kier molecular flexibility index (Phi) is 6.68. The first-order valence-electron chi connectivity index (χ1n) is 8.09. The zero-order chi connectivity index (χ0) is 19.4. The molecular weight excluding hydrogens is 496 g/mol. The van der Waals surface area contributed by atoms with Crippen LogP contribution in [0.15, 0.2) is 68.5 Å². The predicted octanol–water partition coefficient (Wildman–Crippen LogP) is 7.64. The second kappa shape index (κ2) is 9.00. The maximum absolute atomic E-state index is 13.7. The summed E-state index contributed by atoms with van der Waals surface area (Å²) in [6.45, 7) is 2.12. The average molecular weight is 512 g/mol. The largest absolute Gasteiger partial charge is 0.486 e. The predicted molar refractivity (Wildman–Crippen MR) is 116 cm³/mol. The maximum atomic E-state index is 13.7. The summed E-state index contributed by atoms with van der Waals surface area (Å²) in [6.07, 6.45) is 1.76. The molecule has 6 heteroatoms. The van der Waals surface area contributed by atoms with Gasteiger partial charge in [-0.1, -0.05) is 35.9 Å². The third-order valence-electron chi connectivity index (χ3n) is 3.87. The van der Waals surface area contributed by atoms with Gasteiger partial charge in [-0.2, -0.15) is 0 Å². The van der Waals surface area contributed by atoms with E-state index in [9.17, 15) is 4.39 Å². The molecule has 0 saturated heterocycles. The maximum Gasteiger partial charge on any atom is 0.148 e. The molecule has 27 heavy (non-hydrogen) atoms. The SMILES string of the molecule is Cc1ccc(Cl)cc1N=Cc1cc(Br)c(OCc2ccccc2F)c(Br)c1. The zero-order valence-corrected chi connectivity index (χ0v) is 18.3. The van der Waals surface area contributed by atoms with Gasteiger partial charge in [0.05, 0.1) is 14.6 Å². The van der Waals surface area contributed by atoms with Crippen LogP contribution in [0.2, 0.25) is 5.02 Å². The first kappa shape index (κ1) is 20.1. The normalized spacial score (nSPS) is 11.1. The molecule has 0 fully saturated rings. The van der Waals surface area contributed by atoms with Crippen molar-refractivity contribution in [3.8, 4) is 5.75 Å². The van der Waals surface area contributed by atoms with E-state index in [-0.39, 0.29) is 12.4 Å². The lowest BCUT2D eigenvalue weighted by Gasteiger charge is -2.12. The van der Waals surface area contributed by atoms with E-state index in [0.29, 0.717) is 16.3 Å². The molecule has 3 aromatic rings. The number of hydrogen-bond acceptors (Lipinski definition) is 2. The molecule has 0 unspecified atom stereocenters. The highest BCUT2D eigenvalue weighted by Gasteiger charge is 2.10. The zero-order valence-electron chi connectivity index (χ0n) is 14.3. The van der Waals surface area contributed by atoms with Gasteiger partial charge < -0.3 is 4.74 Å². The highest BCUT2D eigenvalue weighted by atomic mass is 79.9. The van der Waals surface area contributed by atoms with Crippen LogP contribution in [0.3, 0.4) is 0 Å². The van der Waals surface area contributed by atoms with Gasteiger partial charge in [0, 0.05) is 16.8 Å². The Bertz CT molecular complexity index is 984. The van der Waals surface area contributed by atoms with Crippen LogP contribution >= 0.6 is 43.5 Å². The molecule has 0 heterocycles. The summed E-state index contributed by atoms with van der Waals surface area (Å²) in [6, 6.07) is 15.9. The van der Waals surface area contributed by atoms with Gasteiger partial charge >= 0.3 is 0 Å². The van der Waals surface area contributed by atoms with Crippen LogP contribution in [-0.4, -0.2) is 6.21 Å². The van der Waals surface area contributed by atoms with E-state index in [4.69, 9.17) is 16.3 Å². The van der Waals surface area contributed by atoms with Crippen LogP contribution in [0.4, 0.5) is 10.1 Å². The van der Waals surface area contributed by atoms with E-state index in [1.807, 2.05) is 37.3 Å². The Morgan fingerprint density at radius 2 is 1.78 bits per heavy atom. The number of ether oxygens (including phenoxy) is 1. The van der Waals surface area contributed by atoms with Gasteiger partial charge in [0.25, 0.3) is 0 Å². The van der Waals surface area contributed by atoms with Crippen molar-refractivity contribution in [1.82, 2.24) is 0 Å². The van der Waals surface area contributed by atoms with Crippen LogP contribution < -0.4 is 4.74 Å². The number of rotatable bonds is 5. The number of aliphatic imine (C=N–C) groups is 1. The molecular formula is C21H15Br2ClFNO. The first-order valence-corrected chi connectivity index (χ1v) is 10.1. The minimum Gasteiger partial charge on any atom is -0.486 e. The Morgan fingerprint density at radius 3 is 2.48 bits per heavy atom.